The highest BCUT2D eigenvalue weighted by Gasteiger charge is 2.08. The summed E-state index contributed by atoms with van der Waals surface area (Å²) in [5.74, 6) is -0.802. The summed E-state index contributed by atoms with van der Waals surface area (Å²) in [5.41, 5.74) is 0.306. The maximum absolute atomic E-state index is 13.5. The first-order valence-electron chi connectivity index (χ1n) is 4.83. The van der Waals surface area contributed by atoms with Crippen LogP contribution in [-0.4, -0.2) is 9.97 Å². The summed E-state index contributed by atoms with van der Waals surface area (Å²) in [6.07, 6.45) is 1.34. The van der Waals surface area contributed by atoms with Crippen molar-refractivity contribution < 1.29 is 9.13 Å². The highest BCUT2D eigenvalue weighted by atomic mass is 19.1. The number of aromatic nitrogens is 2. The van der Waals surface area contributed by atoms with Gasteiger partial charge in [0.15, 0.2) is 11.6 Å². The molecular weight excluding hydrogens is 235 g/mol. The lowest BCUT2D eigenvalue weighted by molar-refractivity contribution is 0.410. The molecule has 0 saturated heterocycles. The van der Waals surface area contributed by atoms with E-state index in [0.717, 1.165) is 6.07 Å². The molecule has 6 heteroatoms. The maximum atomic E-state index is 13.5. The molecule has 0 aliphatic carbocycles. The zero-order valence-electron chi connectivity index (χ0n) is 8.96. The summed E-state index contributed by atoms with van der Waals surface area (Å²) in [6, 6.07) is 8.66. The number of halogens is 1. The minimum absolute atomic E-state index is 0.107. The lowest BCUT2D eigenvalue weighted by Gasteiger charge is -2.04. The molecule has 0 aliphatic rings. The molecule has 1 aromatic heterocycles. The van der Waals surface area contributed by atoms with Crippen LogP contribution in [0.1, 0.15) is 11.3 Å². The topological polar surface area (TPSA) is 82.6 Å². The normalized spacial score (nSPS) is 9.28. The SMILES string of the molecule is N#Cc1ccc(Oc2nccc(C#N)n2)c(F)c1. The van der Waals surface area contributed by atoms with Crippen molar-refractivity contribution in [2.75, 3.05) is 0 Å². The van der Waals surface area contributed by atoms with E-state index in [1.165, 1.54) is 24.4 Å². The first-order valence-corrected chi connectivity index (χ1v) is 4.83. The molecule has 0 N–H and O–H groups in total. The van der Waals surface area contributed by atoms with Crippen molar-refractivity contribution >= 4 is 0 Å². The lowest BCUT2D eigenvalue weighted by atomic mass is 10.2. The molecule has 0 fully saturated rings. The van der Waals surface area contributed by atoms with Gasteiger partial charge in [0.2, 0.25) is 0 Å². The average molecular weight is 240 g/mol. The predicted molar refractivity (Wildman–Crippen MR) is 57.9 cm³/mol. The Kier molecular flexibility index (Phi) is 3.13. The van der Waals surface area contributed by atoms with Gasteiger partial charge in [-0.05, 0) is 24.3 Å². The number of hydrogen-bond donors (Lipinski definition) is 0. The summed E-state index contributed by atoms with van der Waals surface area (Å²) in [4.78, 5) is 7.49. The second-order valence-electron chi connectivity index (χ2n) is 3.20. The smallest absolute Gasteiger partial charge is 0.323 e. The Balaban J connectivity index is 2.29. The standard InChI is InChI=1S/C12H5FN4O/c13-10-5-8(6-14)1-2-11(10)18-12-16-4-3-9(7-15)17-12/h1-5H. The van der Waals surface area contributed by atoms with Crippen LogP contribution in [0.5, 0.6) is 11.8 Å². The van der Waals surface area contributed by atoms with Crippen molar-refractivity contribution in [1.82, 2.24) is 9.97 Å². The van der Waals surface area contributed by atoms with Crippen molar-refractivity contribution in [2.24, 2.45) is 0 Å². The third kappa shape index (κ3) is 2.39. The Hall–Kier alpha value is -2.99. The van der Waals surface area contributed by atoms with Crippen LogP contribution in [0.3, 0.4) is 0 Å². The zero-order valence-corrected chi connectivity index (χ0v) is 8.96. The predicted octanol–water partition coefficient (Wildman–Crippen LogP) is 2.15. The van der Waals surface area contributed by atoms with E-state index in [2.05, 4.69) is 9.97 Å². The molecule has 18 heavy (non-hydrogen) atoms. The lowest BCUT2D eigenvalue weighted by Crippen LogP contribution is -1.95. The van der Waals surface area contributed by atoms with Gasteiger partial charge in [0.1, 0.15) is 11.8 Å². The van der Waals surface area contributed by atoms with Gasteiger partial charge in [-0.25, -0.2) is 9.37 Å². The van der Waals surface area contributed by atoms with E-state index in [4.69, 9.17) is 15.3 Å². The van der Waals surface area contributed by atoms with Gasteiger partial charge in [-0.3, -0.25) is 0 Å². The fourth-order valence-corrected chi connectivity index (χ4v) is 1.20. The summed E-state index contributed by atoms with van der Waals surface area (Å²) >= 11 is 0. The van der Waals surface area contributed by atoms with E-state index in [1.54, 1.807) is 0 Å². The van der Waals surface area contributed by atoms with Crippen molar-refractivity contribution in [3.63, 3.8) is 0 Å². The Morgan fingerprint density at radius 2 is 2.00 bits per heavy atom. The molecule has 2 rings (SSSR count). The minimum Gasteiger partial charge on any atom is -0.421 e. The first-order chi connectivity index (χ1) is 8.72. The third-order valence-electron chi connectivity index (χ3n) is 2.01. The first kappa shape index (κ1) is 11.5. The number of nitrogens with zero attached hydrogens (tertiary/aromatic N) is 4. The van der Waals surface area contributed by atoms with Crippen LogP contribution >= 0.6 is 0 Å². The number of rotatable bonds is 2. The van der Waals surface area contributed by atoms with Crippen molar-refractivity contribution in [2.45, 2.75) is 0 Å². The summed E-state index contributed by atoms with van der Waals surface area (Å²) in [5, 5.41) is 17.2. The molecule has 1 aromatic carbocycles. The quantitative estimate of drug-likeness (QED) is 0.803. The second-order valence-corrected chi connectivity index (χ2v) is 3.20. The average Bonchev–Trinajstić information content (AvgIpc) is 2.41. The van der Waals surface area contributed by atoms with E-state index < -0.39 is 5.82 Å². The van der Waals surface area contributed by atoms with Gasteiger partial charge in [0.25, 0.3) is 0 Å². The Morgan fingerprint density at radius 1 is 1.17 bits per heavy atom. The van der Waals surface area contributed by atoms with E-state index in [-0.39, 0.29) is 23.0 Å². The van der Waals surface area contributed by atoms with Gasteiger partial charge >= 0.3 is 6.01 Å². The van der Waals surface area contributed by atoms with E-state index in [0.29, 0.717) is 0 Å². The molecule has 5 nitrogen and oxygen atoms in total. The van der Waals surface area contributed by atoms with Crippen molar-refractivity contribution in [3.05, 3.63) is 47.5 Å². The Bertz CT molecular complexity index is 673. The van der Waals surface area contributed by atoms with Crippen LogP contribution in [0.25, 0.3) is 0 Å². The largest absolute Gasteiger partial charge is 0.421 e. The van der Waals surface area contributed by atoms with E-state index >= 15 is 0 Å². The summed E-state index contributed by atoms with van der Waals surface area (Å²) < 4.78 is 18.6. The fraction of sp³-hybridized carbons (Fsp3) is 0. The van der Waals surface area contributed by atoms with Crippen LogP contribution in [0, 0.1) is 28.5 Å². The van der Waals surface area contributed by atoms with E-state index in [1.807, 2.05) is 12.1 Å². The fourth-order valence-electron chi connectivity index (χ4n) is 1.20. The molecule has 0 bridgehead atoms. The number of ether oxygens (including phenoxy) is 1. The minimum atomic E-state index is -0.694. The van der Waals surface area contributed by atoms with Gasteiger partial charge in [-0.2, -0.15) is 15.5 Å². The molecule has 0 radical (unpaired) electrons. The maximum Gasteiger partial charge on any atom is 0.323 e. The zero-order chi connectivity index (χ0) is 13.0. The molecular formula is C12H5FN4O. The molecule has 0 spiro atoms. The molecule has 0 aliphatic heterocycles. The van der Waals surface area contributed by atoms with Crippen LogP contribution in [-0.2, 0) is 0 Å². The molecule has 2 aromatic rings. The molecule has 86 valence electrons. The monoisotopic (exact) mass is 240 g/mol. The van der Waals surface area contributed by atoms with Gasteiger partial charge in [-0.1, -0.05) is 0 Å². The highest BCUT2D eigenvalue weighted by Crippen LogP contribution is 2.22. The number of hydrogen-bond acceptors (Lipinski definition) is 5. The third-order valence-corrected chi connectivity index (χ3v) is 2.01. The van der Waals surface area contributed by atoms with Crippen molar-refractivity contribution in [3.8, 4) is 23.9 Å². The van der Waals surface area contributed by atoms with Gasteiger partial charge in [0.05, 0.1) is 11.6 Å². The molecule has 0 saturated carbocycles. The van der Waals surface area contributed by atoms with Gasteiger partial charge < -0.3 is 4.74 Å². The van der Waals surface area contributed by atoms with Crippen LogP contribution in [0.15, 0.2) is 30.5 Å². The summed E-state index contributed by atoms with van der Waals surface area (Å²) in [7, 11) is 0. The van der Waals surface area contributed by atoms with Crippen LogP contribution in [0.4, 0.5) is 4.39 Å². The van der Waals surface area contributed by atoms with Crippen molar-refractivity contribution in [1.29, 1.82) is 10.5 Å². The molecule has 0 unspecified atom stereocenters. The van der Waals surface area contributed by atoms with Crippen LogP contribution in [0.2, 0.25) is 0 Å². The van der Waals surface area contributed by atoms with Crippen LogP contribution < -0.4 is 4.74 Å². The Labute approximate surface area is 102 Å². The highest BCUT2D eigenvalue weighted by molar-refractivity contribution is 5.37. The number of nitriles is 2. The Morgan fingerprint density at radius 3 is 2.67 bits per heavy atom. The summed E-state index contributed by atoms with van der Waals surface area (Å²) in [6.45, 7) is 0. The van der Waals surface area contributed by atoms with Gasteiger partial charge in [-0.15, -0.1) is 0 Å². The number of benzene rings is 1. The van der Waals surface area contributed by atoms with Gasteiger partial charge in [0, 0.05) is 6.20 Å². The molecule has 0 atom stereocenters. The second kappa shape index (κ2) is 4.89. The van der Waals surface area contributed by atoms with E-state index in [9.17, 15) is 4.39 Å². The molecule has 1 heterocycles. The molecule has 0 amide bonds.